The van der Waals surface area contributed by atoms with E-state index in [9.17, 15) is 23.7 Å². The van der Waals surface area contributed by atoms with Crippen LogP contribution in [-0.4, -0.2) is 39.9 Å². The van der Waals surface area contributed by atoms with E-state index in [2.05, 4.69) is 4.98 Å². The lowest BCUT2D eigenvalue weighted by molar-refractivity contribution is -0.384. The predicted octanol–water partition coefficient (Wildman–Crippen LogP) is 5.38. The van der Waals surface area contributed by atoms with Crippen LogP contribution in [-0.2, 0) is 0 Å². The van der Waals surface area contributed by atoms with Crippen molar-refractivity contribution >= 4 is 54.6 Å². The predicted molar refractivity (Wildman–Crippen MR) is 118 cm³/mol. The molecule has 0 saturated carbocycles. The number of nitro benzene ring substituents is 1. The number of thiophene rings is 1. The fraction of sp³-hybridized carbons (Fsp3) is 0.238. The van der Waals surface area contributed by atoms with Crippen molar-refractivity contribution in [3.05, 3.63) is 63.0 Å². The average molecular weight is 475 g/mol. The van der Waals surface area contributed by atoms with Gasteiger partial charge in [0.2, 0.25) is 0 Å². The first kappa shape index (κ1) is 20.7. The fourth-order valence-electron chi connectivity index (χ4n) is 3.71. The molecule has 0 bridgehead atoms. The molecule has 7 nitrogen and oxygen atoms in total. The summed E-state index contributed by atoms with van der Waals surface area (Å²) in [6.07, 6.45) is 0.974. The van der Waals surface area contributed by atoms with Crippen molar-refractivity contribution in [3.8, 4) is 5.19 Å². The lowest BCUT2D eigenvalue weighted by Gasteiger charge is -2.31. The molecule has 11 heteroatoms. The molecule has 2 aromatic heterocycles. The minimum atomic E-state index is -0.722. The van der Waals surface area contributed by atoms with Crippen molar-refractivity contribution < 1.29 is 23.2 Å². The number of hydrogen-bond donors (Lipinski definition) is 0. The highest BCUT2D eigenvalue weighted by atomic mass is 32.1. The molecule has 4 aromatic rings. The first-order valence-electron chi connectivity index (χ1n) is 9.77. The quantitative estimate of drug-likeness (QED) is 0.292. The van der Waals surface area contributed by atoms with Crippen molar-refractivity contribution in [2.75, 3.05) is 13.1 Å². The molecule has 32 heavy (non-hydrogen) atoms. The molecule has 0 N–H and O–H groups in total. The molecule has 2 aromatic carbocycles. The van der Waals surface area contributed by atoms with Gasteiger partial charge in [-0.05, 0) is 18.2 Å². The van der Waals surface area contributed by atoms with E-state index in [0.29, 0.717) is 40.9 Å². The summed E-state index contributed by atoms with van der Waals surface area (Å²) in [6, 6.07) is 8.26. The van der Waals surface area contributed by atoms with Crippen LogP contribution in [0, 0.1) is 21.7 Å². The number of ether oxygens (including phenoxy) is 1. The van der Waals surface area contributed by atoms with Crippen molar-refractivity contribution in [2.24, 2.45) is 0 Å². The lowest BCUT2D eigenvalue weighted by Crippen LogP contribution is -2.41. The Morgan fingerprint density at radius 3 is 2.66 bits per heavy atom. The third-order valence-corrected chi connectivity index (χ3v) is 7.31. The Bertz CT molecular complexity index is 1360. The van der Waals surface area contributed by atoms with Crippen LogP contribution in [0.5, 0.6) is 5.19 Å². The minimum Gasteiger partial charge on any atom is -0.467 e. The maximum Gasteiger partial charge on any atom is 0.274 e. The third kappa shape index (κ3) is 3.89. The molecule has 1 aliphatic heterocycles. The maximum atomic E-state index is 13.9. The number of nitrogens with zero attached hydrogens (tertiary/aromatic N) is 3. The number of thiazole rings is 1. The summed E-state index contributed by atoms with van der Waals surface area (Å²) >= 11 is 2.40. The zero-order valence-electron chi connectivity index (χ0n) is 16.4. The van der Waals surface area contributed by atoms with Gasteiger partial charge in [0.05, 0.1) is 14.5 Å². The van der Waals surface area contributed by atoms with Crippen LogP contribution < -0.4 is 4.74 Å². The second-order valence-electron chi connectivity index (χ2n) is 7.41. The van der Waals surface area contributed by atoms with Crippen LogP contribution in [0.2, 0.25) is 0 Å². The van der Waals surface area contributed by atoms with E-state index in [4.69, 9.17) is 4.74 Å². The van der Waals surface area contributed by atoms with Gasteiger partial charge in [-0.25, -0.2) is 8.78 Å². The van der Waals surface area contributed by atoms with E-state index in [1.54, 1.807) is 17.0 Å². The third-order valence-electron chi connectivity index (χ3n) is 5.31. The summed E-state index contributed by atoms with van der Waals surface area (Å²) in [4.78, 5) is 29.8. The number of amides is 1. The summed E-state index contributed by atoms with van der Waals surface area (Å²) in [6.45, 7) is 0.956. The molecule has 3 heterocycles. The molecule has 5 rings (SSSR count). The first-order chi connectivity index (χ1) is 15.4. The van der Waals surface area contributed by atoms with Crippen LogP contribution in [0.3, 0.4) is 0 Å². The van der Waals surface area contributed by atoms with Gasteiger partial charge < -0.3 is 9.64 Å². The van der Waals surface area contributed by atoms with Gasteiger partial charge in [-0.2, -0.15) is 4.98 Å². The monoisotopic (exact) mass is 475 g/mol. The Morgan fingerprint density at radius 2 is 1.91 bits per heavy atom. The zero-order chi connectivity index (χ0) is 22.4. The standard InChI is InChI=1S/C21H15F2N3O4S2/c22-12-9-15(23)19-17(10-12)32-21(24-19)30-14-3-5-25(6-4-14)20(27)18-8-11-7-13(26(28)29)1-2-16(11)31-18/h1-2,7-10,14H,3-6H2. The van der Waals surface area contributed by atoms with Gasteiger partial charge in [-0.1, -0.05) is 11.3 Å². The first-order valence-corrected chi connectivity index (χ1v) is 11.4. The van der Waals surface area contributed by atoms with Crippen LogP contribution in [0.1, 0.15) is 22.5 Å². The largest absolute Gasteiger partial charge is 0.467 e. The molecule has 0 aliphatic carbocycles. The van der Waals surface area contributed by atoms with Gasteiger partial charge >= 0.3 is 0 Å². The number of carbonyl (C=O) groups is 1. The van der Waals surface area contributed by atoms with E-state index in [0.717, 1.165) is 22.1 Å². The van der Waals surface area contributed by atoms with Crippen LogP contribution in [0.4, 0.5) is 14.5 Å². The second-order valence-corrected chi connectivity index (χ2v) is 9.49. The molecule has 1 fully saturated rings. The molecule has 164 valence electrons. The van der Waals surface area contributed by atoms with Crippen molar-refractivity contribution in [1.29, 1.82) is 0 Å². The minimum absolute atomic E-state index is 0.00951. The van der Waals surface area contributed by atoms with E-state index in [-0.39, 0.29) is 28.4 Å². The highest BCUT2D eigenvalue weighted by molar-refractivity contribution is 7.21. The lowest BCUT2D eigenvalue weighted by atomic mass is 10.1. The van der Waals surface area contributed by atoms with Gasteiger partial charge in [0.1, 0.15) is 17.4 Å². The zero-order valence-corrected chi connectivity index (χ0v) is 18.0. The van der Waals surface area contributed by atoms with Gasteiger partial charge in [0, 0.05) is 54.2 Å². The van der Waals surface area contributed by atoms with Gasteiger partial charge in [0.25, 0.3) is 16.8 Å². The van der Waals surface area contributed by atoms with Gasteiger partial charge in [-0.3, -0.25) is 14.9 Å². The van der Waals surface area contributed by atoms with Crippen molar-refractivity contribution in [2.45, 2.75) is 18.9 Å². The Hall–Kier alpha value is -3.18. The molecular weight excluding hydrogens is 460 g/mol. The normalized spacial score (nSPS) is 14.9. The molecule has 0 spiro atoms. The smallest absolute Gasteiger partial charge is 0.274 e. The molecule has 0 unspecified atom stereocenters. The SMILES string of the molecule is O=C(c1cc2cc([N+](=O)[O-])ccc2s1)N1CCC(Oc2nc3c(F)cc(F)cc3s2)CC1. The number of rotatable bonds is 4. The van der Waals surface area contributed by atoms with E-state index in [1.165, 1.54) is 29.5 Å². The van der Waals surface area contributed by atoms with E-state index < -0.39 is 16.6 Å². The number of carbonyl (C=O) groups excluding carboxylic acids is 1. The summed E-state index contributed by atoms with van der Waals surface area (Å²) in [5.41, 5.74) is 0.0775. The van der Waals surface area contributed by atoms with Crippen molar-refractivity contribution in [3.63, 3.8) is 0 Å². The maximum absolute atomic E-state index is 13.9. The molecule has 1 saturated heterocycles. The number of halogens is 2. The van der Waals surface area contributed by atoms with Crippen molar-refractivity contribution in [1.82, 2.24) is 9.88 Å². The summed E-state index contributed by atoms with van der Waals surface area (Å²) in [5.74, 6) is -1.50. The van der Waals surface area contributed by atoms with Gasteiger partial charge in [-0.15, -0.1) is 11.3 Å². The van der Waals surface area contributed by atoms with Gasteiger partial charge in [0.15, 0.2) is 5.82 Å². The van der Waals surface area contributed by atoms with Crippen LogP contribution in [0.15, 0.2) is 36.4 Å². The number of benzene rings is 2. The second kappa shape index (κ2) is 8.06. The Balaban J connectivity index is 1.24. The molecule has 0 radical (unpaired) electrons. The van der Waals surface area contributed by atoms with Crippen LogP contribution >= 0.6 is 22.7 Å². The fourth-order valence-corrected chi connectivity index (χ4v) is 5.64. The van der Waals surface area contributed by atoms with E-state index in [1.807, 2.05) is 0 Å². The number of piperidine rings is 1. The molecular formula is C21H15F2N3O4S2. The number of nitro groups is 1. The molecule has 1 amide bonds. The number of likely N-dealkylation sites (tertiary alicyclic amines) is 1. The van der Waals surface area contributed by atoms with E-state index >= 15 is 0 Å². The summed E-state index contributed by atoms with van der Waals surface area (Å²) in [7, 11) is 0. The summed E-state index contributed by atoms with van der Waals surface area (Å²) in [5, 5.41) is 11.9. The summed E-state index contributed by atoms with van der Waals surface area (Å²) < 4.78 is 34.3. The van der Waals surface area contributed by atoms with Crippen LogP contribution in [0.25, 0.3) is 20.3 Å². The number of fused-ring (bicyclic) bond motifs is 2. The highest BCUT2D eigenvalue weighted by Crippen LogP contribution is 2.33. The molecule has 1 aliphatic rings. The Kier molecular flexibility index (Phi) is 5.22. The number of hydrogen-bond acceptors (Lipinski definition) is 7. The average Bonchev–Trinajstić information content (AvgIpc) is 3.37. The Morgan fingerprint density at radius 1 is 1.12 bits per heavy atom. The Labute approximate surface area is 188 Å². The topological polar surface area (TPSA) is 85.6 Å². The highest BCUT2D eigenvalue weighted by Gasteiger charge is 2.27. The molecule has 0 atom stereocenters. The number of aromatic nitrogens is 1. The number of non-ortho nitro benzene ring substituents is 1.